The van der Waals surface area contributed by atoms with E-state index in [4.69, 9.17) is 21.1 Å². The fraction of sp³-hybridized carbons (Fsp3) is 0.529. The van der Waals surface area contributed by atoms with Gasteiger partial charge in [-0.2, -0.15) is 0 Å². The maximum Gasteiger partial charge on any atom is 0.245 e. The van der Waals surface area contributed by atoms with Crippen molar-refractivity contribution in [1.29, 1.82) is 0 Å². The van der Waals surface area contributed by atoms with Gasteiger partial charge >= 0.3 is 0 Å². The number of hydrogen-bond donors (Lipinski definition) is 0. The Morgan fingerprint density at radius 1 is 1.25 bits per heavy atom. The predicted octanol–water partition coefficient (Wildman–Crippen LogP) is 1.73. The molecule has 0 aromatic heterocycles. The maximum absolute atomic E-state index is 12.3. The van der Waals surface area contributed by atoms with Crippen molar-refractivity contribution in [1.82, 2.24) is 9.80 Å². The van der Waals surface area contributed by atoms with Crippen LogP contribution in [0.5, 0.6) is 5.75 Å². The summed E-state index contributed by atoms with van der Waals surface area (Å²) in [5.74, 6) is 0.430. The number of methoxy groups -OCH3 is 1. The van der Waals surface area contributed by atoms with Gasteiger partial charge in [0.2, 0.25) is 11.8 Å². The number of benzene rings is 1. The fourth-order valence-corrected chi connectivity index (χ4v) is 2.80. The summed E-state index contributed by atoms with van der Waals surface area (Å²) in [5.41, 5.74) is 1.04. The number of hydrogen-bond acceptors (Lipinski definition) is 4. The van der Waals surface area contributed by atoms with Gasteiger partial charge in [0.25, 0.3) is 0 Å². The molecule has 6 nitrogen and oxygen atoms in total. The van der Waals surface area contributed by atoms with Gasteiger partial charge in [0.15, 0.2) is 0 Å². The molecule has 0 N–H and O–H groups in total. The van der Waals surface area contributed by atoms with E-state index in [1.165, 1.54) is 4.90 Å². The fourth-order valence-electron chi connectivity index (χ4n) is 2.63. The minimum Gasteiger partial charge on any atom is -0.490 e. The molecule has 1 aliphatic heterocycles. The van der Waals surface area contributed by atoms with Gasteiger partial charge in [0, 0.05) is 13.7 Å². The average molecular weight is 355 g/mol. The van der Waals surface area contributed by atoms with Crippen molar-refractivity contribution in [3.63, 3.8) is 0 Å². The van der Waals surface area contributed by atoms with Gasteiger partial charge in [-0.25, -0.2) is 0 Å². The lowest BCUT2D eigenvalue weighted by atomic mass is 10.1. The molecule has 1 atom stereocenters. The van der Waals surface area contributed by atoms with Crippen LogP contribution in [0.25, 0.3) is 0 Å². The Kier molecular flexibility index (Phi) is 6.45. The Morgan fingerprint density at radius 2 is 2.00 bits per heavy atom. The molecule has 1 fully saturated rings. The topological polar surface area (TPSA) is 59.1 Å². The van der Waals surface area contributed by atoms with Crippen molar-refractivity contribution < 1.29 is 19.1 Å². The molecule has 132 valence electrons. The zero-order chi connectivity index (χ0) is 17.7. The summed E-state index contributed by atoms with van der Waals surface area (Å²) in [4.78, 5) is 27.7. The second-order valence-corrected chi connectivity index (χ2v) is 6.21. The van der Waals surface area contributed by atoms with Crippen LogP contribution < -0.4 is 4.74 Å². The van der Waals surface area contributed by atoms with Crippen LogP contribution in [0.3, 0.4) is 0 Å². The van der Waals surface area contributed by atoms with E-state index < -0.39 is 6.04 Å². The molecular weight excluding hydrogens is 332 g/mol. The number of amides is 2. The van der Waals surface area contributed by atoms with E-state index in [1.54, 1.807) is 25.0 Å². The number of halogens is 1. The minimum atomic E-state index is -0.500. The van der Waals surface area contributed by atoms with Crippen molar-refractivity contribution >= 4 is 23.4 Å². The molecule has 1 saturated heterocycles. The Bertz CT molecular complexity index is 608. The van der Waals surface area contributed by atoms with Crippen molar-refractivity contribution in [3.8, 4) is 5.75 Å². The molecular formula is C17H23ClN2O4. The van der Waals surface area contributed by atoms with Crippen LogP contribution in [0.1, 0.15) is 12.5 Å². The highest BCUT2D eigenvalue weighted by atomic mass is 35.5. The van der Waals surface area contributed by atoms with E-state index in [-0.39, 0.29) is 25.0 Å². The van der Waals surface area contributed by atoms with E-state index in [2.05, 4.69) is 0 Å². The SMILES string of the molecule is COCCN1CC(=O)N(CCOc2cc(C)ccc2Cl)[C@@H](C)C1=O. The number of nitrogens with zero attached hydrogens (tertiary/aromatic N) is 2. The quantitative estimate of drug-likeness (QED) is 0.748. The molecule has 0 unspecified atom stereocenters. The van der Waals surface area contributed by atoms with Gasteiger partial charge in [0.05, 0.1) is 24.7 Å². The van der Waals surface area contributed by atoms with E-state index >= 15 is 0 Å². The predicted molar refractivity (Wildman–Crippen MR) is 91.3 cm³/mol. The summed E-state index contributed by atoms with van der Waals surface area (Å²) < 4.78 is 10.6. The van der Waals surface area contributed by atoms with Gasteiger partial charge in [-0.3, -0.25) is 9.59 Å². The van der Waals surface area contributed by atoms with Gasteiger partial charge in [-0.05, 0) is 31.5 Å². The molecule has 2 amide bonds. The van der Waals surface area contributed by atoms with Crippen molar-refractivity contribution in [3.05, 3.63) is 28.8 Å². The van der Waals surface area contributed by atoms with Gasteiger partial charge in [0.1, 0.15) is 18.4 Å². The highest BCUT2D eigenvalue weighted by molar-refractivity contribution is 6.32. The normalized spacial score (nSPS) is 18.2. The largest absolute Gasteiger partial charge is 0.490 e. The van der Waals surface area contributed by atoms with Crippen molar-refractivity contribution in [2.75, 3.05) is 40.0 Å². The van der Waals surface area contributed by atoms with Crippen LogP contribution in [-0.2, 0) is 14.3 Å². The lowest BCUT2D eigenvalue weighted by molar-refractivity contribution is -0.155. The summed E-state index contributed by atoms with van der Waals surface area (Å²) in [6.45, 7) is 5.23. The number of carbonyl (C=O) groups is 2. The van der Waals surface area contributed by atoms with Gasteiger partial charge in [-0.15, -0.1) is 0 Å². The first-order valence-corrected chi connectivity index (χ1v) is 8.28. The molecule has 2 rings (SSSR count). The third-order valence-electron chi connectivity index (χ3n) is 4.02. The first-order valence-electron chi connectivity index (χ1n) is 7.90. The van der Waals surface area contributed by atoms with Crippen LogP contribution >= 0.6 is 11.6 Å². The zero-order valence-corrected chi connectivity index (χ0v) is 15.0. The van der Waals surface area contributed by atoms with Crippen LogP contribution in [-0.4, -0.2) is 67.6 Å². The molecule has 0 aliphatic carbocycles. The Balaban J connectivity index is 1.91. The standard InChI is InChI=1S/C17H23ClN2O4/c1-12-4-5-14(18)15(10-12)24-9-7-20-13(2)17(22)19(6-8-23-3)11-16(20)21/h4-5,10,13H,6-9,11H2,1-3H3/t13-/m0/s1. The lowest BCUT2D eigenvalue weighted by Gasteiger charge is -2.38. The molecule has 0 spiro atoms. The molecule has 1 aromatic carbocycles. The third kappa shape index (κ3) is 4.39. The van der Waals surface area contributed by atoms with Gasteiger partial charge < -0.3 is 19.3 Å². The van der Waals surface area contributed by atoms with Crippen molar-refractivity contribution in [2.24, 2.45) is 0 Å². The zero-order valence-electron chi connectivity index (χ0n) is 14.3. The van der Waals surface area contributed by atoms with Crippen LogP contribution in [0.4, 0.5) is 0 Å². The van der Waals surface area contributed by atoms with Crippen LogP contribution in [0.15, 0.2) is 18.2 Å². The van der Waals surface area contributed by atoms with Gasteiger partial charge in [-0.1, -0.05) is 17.7 Å². The number of aryl methyl sites for hydroxylation is 1. The Hall–Kier alpha value is -1.79. The number of carbonyl (C=O) groups excluding carboxylic acids is 2. The first-order chi connectivity index (χ1) is 11.4. The Labute approximate surface area is 147 Å². The summed E-state index contributed by atoms with van der Waals surface area (Å²) in [7, 11) is 1.57. The van der Waals surface area contributed by atoms with E-state index in [1.807, 2.05) is 19.1 Å². The van der Waals surface area contributed by atoms with E-state index in [0.29, 0.717) is 30.5 Å². The molecule has 7 heteroatoms. The van der Waals surface area contributed by atoms with Crippen LogP contribution in [0.2, 0.25) is 5.02 Å². The summed E-state index contributed by atoms with van der Waals surface area (Å²) in [6, 6.07) is 5.03. The highest BCUT2D eigenvalue weighted by Gasteiger charge is 2.35. The molecule has 0 saturated carbocycles. The molecule has 1 aliphatic rings. The minimum absolute atomic E-state index is 0.0692. The number of piperazine rings is 1. The first kappa shape index (κ1) is 18.5. The Morgan fingerprint density at radius 3 is 2.71 bits per heavy atom. The number of ether oxygens (including phenoxy) is 2. The molecule has 0 radical (unpaired) electrons. The van der Waals surface area contributed by atoms with Crippen LogP contribution in [0, 0.1) is 6.92 Å². The second kappa shape index (κ2) is 8.35. The maximum atomic E-state index is 12.3. The molecule has 0 bridgehead atoms. The molecule has 24 heavy (non-hydrogen) atoms. The van der Waals surface area contributed by atoms with E-state index in [9.17, 15) is 9.59 Å². The number of rotatable bonds is 7. The summed E-state index contributed by atoms with van der Waals surface area (Å²) in [6.07, 6.45) is 0. The highest BCUT2D eigenvalue weighted by Crippen LogP contribution is 2.25. The smallest absolute Gasteiger partial charge is 0.245 e. The molecule has 1 heterocycles. The summed E-state index contributed by atoms with van der Waals surface area (Å²) in [5, 5.41) is 0.528. The lowest BCUT2D eigenvalue weighted by Crippen LogP contribution is -2.59. The summed E-state index contributed by atoms with van der Waals surface area (Å²) >= 11 is 6.09. The van der Waals surface area contributed by atoms with Crippen molar-refractivity contribution in [2.45, 2.75) is 19.9 Å². The molecule has 1 aromatic rings. The second-order valence-electron chi connectivity index (χ2n) is 5.80. The third-order valence-corrected chi connectivity index (χ3v) is 4.34. The van der Waals surface area contributed by atoms with E-state index in [0.717, 1.165) is 5.56 Å². The monoisotopic (exact) mass is 354 g/mol. The average Bonchev–Trinajstić information content (AvgIpc) is 2.55.